The Balaban J connectivity index is 1.04. The number of aromatic nitrogens is 1. The summed E-state index contributed by atoms with van der Waals surface area (Å²) in [5, 5.41) is 6.76. The van der Waals surface area contributed by atoms with Crippen molar-refractivity contribution in [3.63, 3.8) is 0 Å². The van der Waals surface area contributed by atoms with E-state index < -0.39 is 0 Å². The Kier molecular flexibility index (Phi) is 9.97. The molecule has 0 atom stereocenters. The molecule has 0 spiro atoms. The molecule has 0 aliphatic carbocycles. The van der Waals surface area contributed by atoms with Gasteiger partial charge in [0, 0.05) is 53.7 Å². The van der Waals surface area contributed by atoms with Gasteiger partial charge in [0.15, 0.2) is 11.5 Å². The second kappa shape index (κ2) is 14.8. The van der Waals surface area contributed by atoms with Gasteiger partial charge in [-0.2, -0.15) is 0 Å². The number of para-hydroxylation sites is 1. The van der Waals surface area contributed by atoms with Crippen LogP contribution in [-0.4, -0.2) is 56.1 Å². The maximum atomic E-state index is 13.3. The number of benzene rings is 4. The van der Waals surface area contributed by atoms with Crippen molar-refractivity contribution in [2.75, 3.05) is 45.1 Å². The fourth-order valence-electron chi connectivity index (χ4n) is 5.90. The first-order chi connectivity index (χ1) is 23.4. The summed E-state index contributed by atoms with van der Waals surface area (Å²) >= 11 is 0. The SMILES string of the molecule is CO/C=C(/C(=O)Nc1cccc(C(=O)Nc2ccc(CCN3CCc4cc(OC)c(OC)cc4C3)cc2)c1)c1cnc2ccccc2c1. The summed E-state index contributed by atoms with van der Waals surface area (Å²) in [5.74, 6) is 0.881. The molecule has 0 saturated heterocycles. The molecule has 9 nitrogen and oxygen atoms in total. The maximum absolute atomic E-state index is 13.3. The van der Waals surface area contributed by atoms with Crippen LogP contribution in [0.3, 0.4) is 0 Å². The number of methoxy groups -OCH3 is 3. The van der Waals surface area contributed by atoms with Gasteiger partial charge in [-0.3, -0.25) is 19.5 Å². The highest BCUT2D eigenvalue weighted by Crippen LogP contribution is 2.33. The Hall–Kier alpha value is -5.67. The second-order valence-electron chi connectivity index (χ2n) is 11.6. The Bertz CT molecular complexity index is 1970. The largest absolute Gasteiger partial charge is 0.504 e. The maximum Gasteiger partial charge on any atom is 0.259 e. The Morgan fingerprint density at radius 1 is 0.812 bits per heavy atom. The number of fused-ring (bicyclic) bond motifs is 2. The molecule has 4 aromatic carbocycles. The van der Waals surface area contributed by atoms with E-state index in [0.29, 0.717) is 28.1 Å². The predicted molar refractivity (Wildman–Crippen MR) is 188 cm³/mol. The summed E-state index contributed by atoms with van der Waals surface area (Å²) in [6.45, 7) is 2.78. The van der Waals surface area contributed by atoms with Gasteiger partial charge in [0.1, 0.15) is 0 Å². The minimum atomic E-state index is -0.379. The summed E-state index contributed by atoms with van der Waals surface area (Å²) in [7, 11) is 4.82. The number of hydrogen-bond acceptors (Lipinski definition) is 7. The molecule has 9 heteroatoms. The minimum Gasteiger partial charge on any atom is -0.504 e. The smallest absolute Gasteiger partial charge is 0.259 e. The van der Waals surface area contributed by atoms with Gasteiger partial charge < -0.3 is 24.8 Å². The molecule has 0 saturated carbocycles. The molecular formula is C39H38N4O5. The molecule has 1 aromatic heterocycles. The molecule has 0 bridgehead atoms. The molecule has 0 unspecified atom stereocenters. The number of carbonyl (C=O) groups excluding carboxylic acids is 2. The standard InChI is InChI=1S/C39H38N4O5/c1-46-25-34(30-19-28-7-4-5-10-35(28)40-23-30)39(45)42-33-9-6-8-29(20-33)38(44)41-32-13-11-26(12-14-32)15-17-43-18-16-27-21-36(47-2)37(48-3)22-31(27)24-43/h4-14,19-23,25H,15-18,24H2,1-3H3,(H,41,44)(H,42,45)/b34-25+. The lowest BCUT2D eigenvalue weighted by Gasteiger charge is -2.29. The second-order valence-corrected chi connectivity index (χ2v) is 11.6. The minimum absolute atomic E-state index is 0.274. The van der Waals surface area contributed by atoms with E-state index in [2.05, 4.69) is 32.7 Å². The molecule has 1 aliphatic heterocycles. The molecule has 6 rings (SSSR count). The lowest BCUT2D eigenvalue weighted by molar-refractivity contribution is -0.111. The number of anilines is 2. The number of pyridine rings is 1. The van der Waals surface area contributed by atoms with Gasteiger partial charge in [-0.25, -0.2) is 0 Å². The number of carbonyl (C=O) groups is 2. The van der Waals surface area contributed by atoms with Crippen LogP contribution in [0.2, 0.25) is 0 Å². The van der Waals surface area contributed by atoms with E-state index in [1.165, 1.54) is 30.1 Å². The summed E-state index contributed by atoms with van der Waals surface area (Å²) in [4.78, 5) is 33.4. The van der Waals surface area contributed by atoms with E-state index >= 15 is 0 Å². The molecule has 244 valence electrons. The Labute approximate surface area is 280 Å². The van der Waals surface area contributed by atoms with Crippen LogP contribution in [0, 0.1) is 0 Å². The zero-order valence-corrected chi connectivity index (χ0v) is 27.3. The molecule has 2 N–H and O–H groups in total. The first kappa shape index (κ1) is 32.3. The van der Waals surface area contributed by atoms with E-state index in [1.54, 1.807) is 44.7 Å². The molecule has 2 amide bonds. The van der Waals surface area contributed by atoms with Crippen molar-refractivity contribution in [1.29, 1.82) is 0 Å². The number of hydrogen-bond donors (Lipinski definition) is 2. The van der Waals surface area contributed by atoms with Gasteiger partial charge in [-0.1, -0.05) is 36.4 Å². The Morgan fingerprint density at radius 2 is 1.58 bits per heavy atom. The third kappa shape index (κ3) is 7.48. The molecular weight excluding hydrogens is 604 g/mol. The predicted octanol–water partition coefficient (Wildman–Crippen LogP) is 6.73. The third-order valence-electron chi connectivity index (χ3n) is 8.49. The van der Waals surface area contributed by atoms with Crippen molar-refractivity contribution in [3.8, 4) is 11.5 Å². The summed E-state index contributed by atoms with van der Waals surface area (Å²) in [6.07, 6.45) is 4.90. The number of nitrogens with one attached hydrogen (secondary N) is 2. The first-order valence-electron chi connectivity index (χ1n) is 15.8. The van der Waals surface area contributed by atoms with Crippen molar-refractivity contribution in [2.24, 2.45) is 0 Å². The van der Waals surface area contributed by atoms with E-state index in [0.717, 1.165) is 54.9 Å². The zero-order valence-electron chi connectivity index (χ0n) is 27.3. The first-order valence-corrected chi connectivity index (χ1v) is 15.8. The summed E-state index contributed by atoms with van der Waals surface area (Å²) in [6, 6.07) is 28.5. The van der Waals surface area contributed by atoms with E-state index in [-0.39, 0.29) is 11.8 Å². The number of ether oxygens (including phenoxy) is 3. The number of rotatable bonds is 11. The van der Waals surface area contributed by atoms with Crippen LogP contribution in [0.5, 0.6) is 11.5 Å². The van der Waals surface area contributed by atoms with Gasteiger partial charge >= 0.3 is 0 Å². The normalized spacial score (nSPS) is 13.0. The summed E-state index contributed by atoms with van der Waals surface area (Å²) in [5.41, 5.74) is 7.14. The monoisotopic (exact) mass is 642 g/mol. The fraction of sp³-hybridized carbons (Fsp3) is 0.205. The molecule has 48 heavy (non-hydrogen) atoms. The molecule has 0 fully saturated rings. The third-order valence-corrected chi connectivity index (χ3v) is 8.49. The molecule has 0 radical (unpaired) electrons. The van der Waals surface area contributed by atoms with Crippen LogP contribution in [-0.2, 0) is 28.9 Å². The van der Waals surface area contributed by atoms with E-state index in [1.807, 2.05) is 54.6 Å². The summed E-state index contributed by atoms with van der Waals surface area (Å²) < 4.78 is 16.2. The molecule has 1 aliphatic rings. The van der Waals surface area contributed by atoms with E-state index in [4.69, 9.17) is 14.2 Å². The molecule has 2 heterocycles. The highest BCUT2D eigenvalue weighted by Gasteiger charge is 2.20. The Morgan fingerprint density at radius 3 is 2.35 bits per heavy atom. The van der Waals surface area contributed by atoms with Crippen LogP contribution < -0.4 is 20.1 Å². The topological polar surface area (TPSA) is 102 Å². The van der Waals surface area contributed by atoms with Crippen molar-refractivity contribution >= 4 is 39.7 Å². The fourth-order valence-corrected chi connectivity index (χ4v) is 5.90. The van der Waals surface area contributed by atoms with Crippen LogP contribution in [0.1, 0.15) is 32.6 Å². The lowest BCUT2D eigenvalue weighted by atomic mass is 9.98. The van der Waals surface area contributed by atoms with Gasteiger partial charge in [0.05, 0.1) is 38.7 Å². The molecule has 5 aromatic rings. The lowest BCUT2D eigenvalue weighted by Crippen LogP contribution is -2.32. The van der Waals surface area contributed by atoms with Crippen LogP contribution in [0.4, 0.5) is 11.4 Å². The zero-order chi connectivity index (χ0) is 33.5. The highest BCUT2D eigenvalue weighted by atomic mass is 16.5. The van der Waals surface area contributed by atoms with Gasteiger partial charge in [0.25, 0.3) is 11.8 Å². The van der Waals surface area contributed by atoms with Crippen LogP contribution >= 0.6 is 0 Å². The van der Waals surface area contributed by atoms with Gasteiger partial charge in [-0.15, -0.1) is 0 Å². The number of nitrogens with zero attached hydrogens (tertiary/aromatic N) is 2. The van der Waals surface area contributed by atoms with Crippen molar-refractivity contribution < 1.29 is 23.8 Å². The van der Waals surface area contributed by atoms with Crippen molar-refractivity contribution in [3.05, 3.63) is 131 Å². The average molecular weight is 643 g/mol. The van der Waals surface area contributed by atoms with Crippen molar-refractivity contribution in [1.82, 2.24) is 9.88 Å². The van der Waals surface area contributed by atoms with Crippen molar-refractivity contribution in [2.45, 2.75) is 19.4 Å². The van der Waals surface area contributed by atoms with Gasteiger partial charge in [-0.05, 0) is 84.1 Å². The quantitative estimate of drug-likeness (QED) is 0.122. The van der Waals surface area contributed by atoms with Crippen LogP contribution in [0.25, 0.3) is 16.5 Å². The van der Waals surface area contributed by atoms with Crippen LogP contribution in [0.15, 0.2) is 103 Å². The highest BCUT2D eigenvalue weighted by molar-refractivity contribution is 6.25. The number of amides is 2. The van der Waals surface area contributed by atoms with E-state index in [9.17, 15) is 9.59 Å². The average Bonchev–Trinajstić information content (AvgIpc) is 3.12. The van der Waals surface area contributed by atoms with Gasteiger partial charge in [0.2, 0.25) is 0 Å².